The van der Waals surface area contributed by atoms with Crippen molar-refractivity contribution < 1.29 is 24.5 Å². The number of aromatic carboxylic acids is 1. The Hall–Kier alpha value is -3.02. The molecule has 0 heterocycles. The van der Waals surface area contributed by atoms with E-state index in [1.54, 1.807) is 24.3 Å². The number of phenols is 1. The summed E-state index contributed by atoms with van der Waals surface area (Å²) in [6.45, 7) is 2.33. The monoisotopic (exact) mass is 301 g/mol. The molecule has 0 radical (unpaired) electrons. The Kier molecular flexibility index (Phi) is 4.63. The van der Waals surface area contributed by atoms with Crippen molar-refractivity contribution in [2.75, 3.05) is 11.9 Å². The summed E-state index contributed by atoms with van der Waals surface area (Å²) in [5, 5.41) is 21.0. The molecule has 0 bridgehead atoms. The molecule has 0 aliphatic carbocycles. The zero-order chi connectivity index (χ0) is 16.1. The van der Waals surface area contributed by atoms with Crippen LogP contribution in [-0.4, -0.2) is 28.7 Å². The number of nitrogens with one attached hydrogen (secondary N) is 1. The van der Waals surface area contributed by atoms with Crippen molar-refractivity contribution in [3.05, 3.63) is 53.6 Å². The number of aromatic hydroxyl groups is 1. The Labute approximate surface area is 127 Å². The number of anilines is 1. The zero-order valence-corrected chi connectivity index (χ0v) is 11.9. The fraction of sp³-hybridized carbons (Fsp3) is 0.125. The largest absolute Gasteiger partial charge is 0.507 e. The molecule has 0 atom stereocenters. The standard InChI is InChI=1S/C16H15NO5/c1-2-22-12-5-3-4-10(8-12)15(19)17-11-6-7-14(18)13(9-11)16(20)21/h3-9,18H,2H2,1H3,(H,17,19)(H,20,21). The zero-order valence-electron chi connectivity index (χ0n) is 11.9. The summed E-state index contributed by atoms with van der Waals surface area (Å²) in [6, 6.07) is 10.5. The van der Waals surface area contributed by atoms with Crippen molar-refractivity contribution >= 4 is 17.6 Å². The molecule has 6 nitrogen and oxygen atoms in total. The van der Waals surface area contributed by atoms with Crippen LogP contribution in [0.25, 0.3) is 0 Å². The van der Waals surface area contributed by atoms with E-state index in [0.717, 1.165) is 0 Å². The number of carbonyl (C=O) groups excluding carboxylic acids is 1. The lowest BCUT2D eigenvalue weighted by molar-refractivity contribution is 0.0693. The van der Waals surface area contributed by atoms with Gasteiger partial charge in [0.2, 0.25) is 0 Å². The van der Waals surface area contributed by atoms with E-state index >= 15 is 0 Å². The van der Waals surface area contributed by atoms with E-state index in [1.807, 2.05) is 6.92 Å². The average molecular weight is 301 g/mol. The van der Waals surface area contributed by atoms with E-state index in [-0.39, 0.29) is 17.0 Å². The van der Waals surface area contributed by atoms with Gasteiger partial charge in [-0.15, -0.1) is 0 Å². The number of rotatable bonds is 5. The molecule has 2 aromatic carbocycles. The maximum absolute atomic E-state index is 12.2. The Morgan fingerprint density at radius 2 is 1.95 bits per heavy atom. The van der Waals surface area contributed by atoms with Crippen LogP contribution in [0.2, 0.25) is 0 Å². The first-order valence-corrected chi connectivity index (χ1v) is 6.61. The minimum absolute atomic E-state index is 0.277. The Morgan fingerprint density at radius 3 is 2.64 bits per heavy atom. The first kappa shape index (κ1) is 15.4. The number of carbonyl (C=O) groups is 2. The van der Waals surface area contributed by atoms with E-state index in [4.69, 9.17) is 9.84 Å². The summed E-state index contributed by atoms with van der Waals surface area (Å²) >= 11 is 0. The molecular weight excluding hydrogens is 286 g/mol. The molecule has 0 aromatic heterocycles. The lowest BCUT2D eigenvalue weighted by Crippen LogP contribution is -2.12. The number of hydrogen-bond acceptors (Lipinski definition) is 4. The minimum Gasteiger partial charge on any atom is -0.507 e. The van der Waals surface area contributed by atoms with Crippen molar-refractivity contribution in [1.29, 1.82) is 0 Å². The first-order valence-electron chi connectivity index (χ1n) is 6.61. The van der Waals surface area contributed by atoms with Crippen molar-refractivity contribution in [3.8, 4) is 11.5 Å². The second kappa shape index (κ2) is 6.62. The van der Waals surface area contributed by atoms with Crippen molar-refractivity contribution in [2.45, 2.75) is 6.92 Å². The van der Waals surface area contributed by atoms with Gasteiger partial charge in [-0.2, -0.15) is 0 Å². The van der Waals surface area contributed by atoms with Crippen molar-refractivity contribution in [1.82, 2.24) is 0 Å². The molecule has 2 aromatic rings. The second-order valence-corrected chi connectivity index (χ2v) is 4.45. The van der Waals surface area contributed by atoms with Crippen LogP contribution in [0.15, 0.2) is 42.5 Å². The first-order chi connectivity index (χ1) is 10.5. The molecule has 0 aliphatic heterocycles. The van der Waals surface area contributed by atoms with Gasteiger partial charge >= 0.3 is 5.97 Å². The molecule has 2 rings (SSSR count). The van der Waals surface area contributed by atoms with Gasteiger partial charge in [-0.25, -0.2) is 4.79 Å². The highest BCUT2D eigenvalue weighted by atomic mass is 16.5. The number of benzene rings is 2. The van der Waals surface area contributed by atoms with Gasteiger partial charge in [0, 0.05) is 11.3 Å². The molecule has 0 saturated carbocycles. The number of amides is 1. The SMILES string of the molecule is CCOc1cccc(C(=O)Nc2ccc(O)c(C(=O)O)c2)c1. The third-order valence-electron chi connectivity index (χ3n) is 2.89. The lowest BCUT2D eigenvalue weighted by atomic mass is 10.1. The lowest BCUT2D eigenvalue weighted by Gasteiger charge is -2.09. The summed E-state index contributed by atoms with van der Waals surface area (Å²) in [7, 11) is 0. The van der Waals surface area contributed by atoms with Crippen LogP contribution in [0.5, 0.6) is 11.5 Å². The topological polar surface area (TPSA) is 95.9 Å². The molecule has 0 spiro atoms. The van der Waals surface area contributed by atoms with Crippen LogP contribution in [-0.2, 0) is 0 Å². The van der Waals surface area contributed by atoms with Gasteiger partial charge in [0.05, 0.1) is 6.61 Å². The molecule has 1 amide bonds. The highest BCUT2D eigenvalue weighted by Crippen LogP contribution is 2.22. The van der Waals surface area contributed by atoms with Gasteiger partial charge in [0.1, 0.15) is 17.1 Å². The summed E-state index contributed by atoms with van der Waals surface area (Å²) in [5.74, 6) is -1.45. The van der Waals surface area contributed by atoms with E-state index < -0.39 is 11.9 Å². The third kappa shape index (κ3) is 3.54. The van der Waals surface area contributed by atoms with Crippen LogP contribution >= 0.6 is 0 Å². The van der Waals surface area contributed by atoms with Gasteiger partial charge in [-0.1, -0.05) is 6.07 Å². The van der Waals surface area contributed by atoms with E-state index in [2.05, 4.69) is 5.32 Å². The van der Waals surface area contributed by atoms with Gasteiger partial charge in [0.25, 0.3) is 5.91 Å². The summed E-state index contributed by atoms with van der Waals surface area (Å²) in [5.41, 5.74) is 0.388. The van der Waals surface area contributed by atoms with Gasteiger partial charge < -0.3 is 20.3 Å². The van der Waals surface area contributed by atoms with E-state index in [1.165, 1.54) is 18.2 Å². The number of carboxylic acid groups (broad SMARTS) is 1. The predicted molar refractivity (Wildman–Crippen MR) is 80.6 cm³/mol. The molecule has 114 valence electrons. The molecule has 0 saturated heterocycles. The fourth-order valence-corrected chi connectivity index (χ4v) is 1.88. The van der Waals surface area contributed by atoms with Gasteiger partial charge in [0.15, 0.2) is 0 Å². The molecule has 6 heteroatoms. The number of ether oxygens (including phenoxy) is 1. The number of carboxylic acids is 1. The summed E-state index contributed by atoms with van der Waals surface area (Å²) in [4.78, 5) is 23.1. The number of hydrogen-bond donors (Lipinski definition) is 3. The quantitative estimate of drug-likeness (QED) is 0.738. The predicted octanol–water partition coefficient (Wildman–Crippen LogP) is 2.74. The van der Waals surface area contributed by atoms with Gasteiger partial charge in [-0.3, -0.25) is 4.79 Å². The smallest absolute Gasteiger partial charge is 0.339 e. The maximum Gasteiger partial charge on any atom is 0.339 e. The maximum atomic E-state index is 12.2. The van der Waals surface area contributed by atoms with E-state index in [9.17, 15) is 14.7 Å². The Bertz CT molecular complexity index is 711. The normalized spacial score (nSPS) is 10.0. The average Bonchev–Trinajstić information content (AvgIpc) is 2.49. The van der Waals surface area contributed by atoms with Crippen LogP contribution in [0.1, 0.15) is 27.6 Å². The molecular formula is C16H15NO5. The highest BCUT2D eigenvalue weighted by Gasteiger charge is 2.12. The van der Waals surface area contributed by atoms with E-state index in [0.29, 0.717) is 17.9 Å². The molecule has 22 heavy (non-hydrogen) atoms. The van der Waals surface area contributed by atoms with Crippen LogP contribution in [0.4, 0.5) is 5.69 Å². The molecule has 0 aliphatic rings. The van der Waals surface area contributed by atoms with Crippen LogP contribution in [0.3, 0.4) is 0 Å². The van der Waals surface area contributed by atoms with Crippen LogP contribution < -0.4 is 10.1 Å². The Balaban J connectivity index is 2.20. The third-order valence-corrected chi connectivity index (χ3v) is 2.89. The second-order valence-electron chi connectivity index (χ2n) is 4.45. The highest BCUT2D eigenvalue weighted by molar-refractivity contribution is 6.05. The fourth-order valence-electron chi connectivity index (χ4n) is 1.88. The minimum atomic E-state index is -1.27. The van der Waals surface area contributed by atoms with Crippen LogP contribution in [0, 0.1) is 0 Å². The van der Waals surface area contributed by atoms with Gasteiger partial charge in [-0.05, 0) is 43.3 Å². The van der Waals surface area contributed by atoms with Crippen molar-refractivity contribution in [2.24, 2.45) is 0 Å². The molecule has 0 fully saturated rings. The summed E-state index contributed by atoms with van der Waals surface area (Å²) < 4.78 is 5.32. The summed E-state index contributed by atoms with van der Waals surface area (Å²) in [6.07, 6.45) is 0. The Morgan fingerprint density at radius 1 is 1.18 bits per heavy atom. The molecule has 0 unspecified atom stereocenters. The molecule has 3 N–H and O–H groups in total. The van der Waals surface area contributed by atoms with Crippen molar-refractivity contribution in [3.63, 3.8) is 0 Å².